The van der Waals surface area contributed by atoms with E-state index in [9.17, 15) is 9.59 Å². The van der Waals surface area contributed by atoms with Crippen LogP contribution in [0.4, 0.5) is 11.4 Å². The zero-order valence-corrected chi connectivity index (χ0v) is 16.4. The van der Waals surface area contributed by atoms with Crippen molar-refractivity contribution < 1.29 is 18.7 Å². The molecule has 1 heterocycles. The van der Waals surface area contributed by atoms with Crippen LogP contribution in [0.5, 0.6) is 5.75 Å². The van der Waals surface area contributed by atoms with Crippen LogP contribution in [0.15, 0.2) is 84.0 Å². The molecule has 3 aromatic rings. The maximum atomic E-state index is 12.2. The molecule has 2 amide bonds. The summed E-state index contributed by atoms with van der Waals surface area (Å²) in [5.74, 6) is 1.01. The molecule has 2 aromatic carbocycles. The van der Waals surface area contributed by atoms with Crippen LogP contribution in [-0.4, -0.2) is 25.0 Å². The van der Waals surface area contributed by atoms with E-state index in [4.69, 9.17) is 9.15 Å². The first kappa shape index (κ1) is 20.7. The molecule has 0 fully saturated rings. The lowest BCUT2D eigenvalue weighted by Gasteiger charge is -2.09. The lowest BCUT2D eigenvalue weighted by molar-refractivity contribution is -0.114. The number of hydrogen-bond donors (Lipinski definition) is 3. The van der Waals surface area contributed by atoms with Crippen LogP contribution < -0.4 is 20.7 Å². The predicted octanol–water partition coefficient (Wildman–Crippen LogP) is 3.83. The van der Waals surface area contributed by atoms with Crippen molar-refractivity contribution in [2.45, 2.75) is 6.54 Å². The van der Waals surface area contributed by atoms with Crippen LogP contribution in [-0.2, 0) is 11.3 Å². The molecule has 0 unspecified atom stereocenters. The molecule has 154 valence electrons. The molecule has 0 aliphatic heterocycles. The van der Waals surface area contributed by atoms with Gasteiger partial charge in [-0.25, -0.2) is 0 Å². The lowest BCUT2D eigenvalue weighted by atomic mass is 10.2. The van der Waals surface area contributed by atoms with Crippen molar-refractivity contribution in [2.75, 3.05) is 23.8 Å². The fraction of sp³-hybridized carbons (Fsp3) is 0.130. The monoisotopic (exact) mass is 405 g/mol. The summed E-state index contributed by atoms with van der Waals surface area (Å²) in [6.45, 7) is 4.45. The number of furan rings is 1. The maximum Gasteiger partial charge on any atom is 0.251 e. The van der Waals surface area contributed by atoms with Crippen molar-refractivity contribution in [3.05, 3.63) is 90.9 Å². The number of ether oxygens (including phenoxy) is 1. The number of benzene rings is 2. The average molecular weight is 405 g/mol. The third kappa shape index (κ3) is 6.27. The number of carbonyl (C=O) groups excluding carboxylic acids is 2. The molecule has 30 heavy (non-hydrogen) atoms. The summed E-state index contributed by atoms with van der Waals surface area (Å²) >= 11 is 0. The number of rotatable bonds is 10. The standard InChI is InChI=1S/C23H23N3O4/c1-2-13-29-20-11-9-19(10-12-20)26-22(27)16-24-18-7-5-17(6-8-18)23(28)25-15-21-4-3-14-30-21/h2-12,14,24H,1,13,15-16H2,(H,25,28)(H,26,27). The van der Waals surface area contributed by atoms with E-state index in [0.717, 1.165) is 5.69 Å². The second-order valence-corrected chi connectivity index (χ2v) is 6.37. The highest BCUT2D eigenvalue weighted by atomic mass is 16.5. The first-order valence-electron chi connectivity index (χ1n) is 9.42. The quantitative estimate of drug-likeness (QED) is 0.446. The van der Waals surface area contributed by atoms with E-state index < -0.39 is 0 Å². The van der Waals surface area contributed by atoms with E-state index in [1.54, 1.807) is 73.0 Å². The fourth-order valence-corrected chi connectivity index (χ4v) is 2.60. The van der Waals surface area contributed by atoms with Gasteiger partial charge in [0.2, 0.25) is 5.91 Å². The zero-order valence-electron chi connectivity index (χ0n) is 16.4. The van der Waals surface area contributed by atoms with Gasteiger partial charge < -0.3 is 25.1 Å². The third-order valence-corrected chi connectivity index (χ3v) is 4.11. The Morgan fingerprint density at radius 1 is 1.00 bits per heavy atom. The molecule has 0 bridgehead atoms. The fourth-order valence-electron chi connectivity index (χ4n) is 2.60. The first-order chi connectivity index (χ1) is 14.6. The Bertz CT molecular complexity index is 965. The third-order valence-electron chi connectivity index (χ3n) is 4.11. The Hall–Kier alpha value is -4.00. The Balaban J connectivity index is 1.43. The molecule has 0 aliphatic carbocycles. The maximum absolute atomic E-state index is 12.2. The van der Waals surface area contributed by atoms with E-state index in [0.29, 0.717) is 35.9 Å². The normalized spacial score (nSPS) is 10.1. The van der Waals surface area contributed by atoms with E-state index >= 15 is 0 Å². The minimum absolute atomic E-state index is 0.0960. The molecule has 0 saturated heterocycles. The Morgan fingerprint density at radius 2 is 1.73 bits per heavy atom. The highest BCUT2D eigenvalue weighted by molar-refractivity contribution is 5.95. The van der Waals surface area contributed by atoms with Crippen LogP contribution in [0.3, 0.4) is 0 Å². The minimum atomic E-state index is -0.198. The summed E-state index contributed by atoms with van der Waals surface area (Å²) in [6.07, 6.45) is 3.23. The van der Waals surface area contributed by atoms with Gasteiger partial charge in [0.05, 0.1) is 19.4 Å². The van der Waals surface area contributed by atoms with E-state index in [2.05, 4.69) is 22.5 Å². The van der Waals surface area contributed by atoms with E-state index in [1.165, 1.54) is 0 Å². The van der Waals surface area contributed by atoms with Crippen molar-refractivity contribution in [2.24, 2.45) is 0 Å². The van der Waals surface area contributed by atoms with Crippen molar-refractivity contribution >= 4 is 23.2 Å². The van der Waals surface area contributed by atoms with Gasteiger partial charge in [0.1, 0.15) is 18.1 Å². The largest absolute Gasteiger partial charge is 0.490 e. The number of anilines is 2. The highest BCUT2D eigenvalue weighted by Crippen LogP contribution is 2.16. The molecular formula is C23H23N3O4. The van der Waals surface area contributed by atoms with Crippen molar-refractivity contribution in [1.82, 2.24) is 5.32 Å². The topological polar surface area (TPSA) is 92.6 Å². The molecule has 0 radical (unpaired) electrons. The molecule has 7 nitrogen and oxygen atoms in total. The van der Waals surface area contributed by atoms with Crippen LogP contribution in [0.25, 0.3) is 0 Å². The Morgan fingerprint density at radius 3 is 2.40 bits per heavy atom. The molecule has 1 aromatic heterocycles. The second-order valence-electron chi connectivity index (χ2n) is 6.37. The number of carbonyl (C=O) groups is 2. The van der Waals surface area contributed by atoms with Crippen LogP contribution in [0.1, 0.15) is 16.1 Å². The van der Waals surface area contributed by atoms with Crippen LogP contribution >= 0.6 is 0 Å². The second kappa shape index (κ2) is 10.5. The Kier molecular flexibility index (Phi) is 7.27. The molecule has 0 spiro atoms. The SMILES string of the molecule is C=CCOc1ccc(NC(=O)CNc2ccc(C(=O)NCc3ccco3)cc2)cc1. The van der Waals surface area contributed by atoms with Gasteiger partial charge in [-0.1, -0.05) is 12.7 Å². The molecule has 0 atom stereocenters. The van der Waals surface area contributed by atoms with E-state index in [-0.39, 0.29) is 18.4 Å². The van der Waals surface area contributed by atoms with Crippen molar-refractivity contribution in [3.63, 3.8) is 0 Å². The van der Waals surface area contributed by atoms with Gasteiger partial charge in [-0.3, -0.25) is 9.59 Å². The summed E-state index contributed by atoms with van der Waals surface area (Å²) < 4.78 is 10.6. The minimum Gasteiger partial charge on any atom is -0.490 e. The Labute approximate surface area is 174 Å². The van der Waals surface area contributed by atoms with Gasteiger partial charge in [0, 0.05) is 16.9 Å². The summed E-state index contributed by atoms with van der Waals surface area (Å²) in [4.78, 5) is 24.3. The zero-order chi connectivity index (χ0) is 21.2. The summed E-state index contributed by atoms with van der Waals surface area (Å²) in [6, 6.07) is 17.6. The molecular weight excluding hydrogens is 382 g/mol. The summed E-state index contributed by atoms with van der Waals surface area (Å²) in [7, 11) is 0. The molecule has 7 heteroatoms. The molecule has 3 rings (SSSR count). The predicted molar refractivity (Wildman–Crippen MR) is 116 cm³/mol. The number of amides is 2. The van der Waals surface area contributed by atoms with Gasteiger partial charge in [-0.15, -0.1) is 0 Å². The van der Waals surface area contributed by atoms with Crippen molar-refractivity contribution in [3.8, 4) is 5.75 Å². The van der Waals surface area contributed by atoms with Crippen LogP contribution in [0.2, 0.25) is 0 Å². The van der Waals surface area contributed by atoms with Gasteiger partial charge in [-0.2, -0.15) is 0 Å². The number of hydrogen-bond acceptors (Lipinski definition) is 5. The van der Waals surface area contributed by atoms with E-state index in [1.807, 2.05) is 0 Å². The van der Waals surface area contributed by atoms with Gasteiger partial charge in [-0.05, 0) is 60.7 Å². The highest BCUT2D eigenvalue weighted by Gasteiger charge is 2.07. The van der Waals surface area contributed by atoms with Crippen LogP contribution in [0, 0.1) is 0 Å². The van der Waals surface area contributed by atoms with Gasteiger partial charge >= 0.3 is 0 Å². The lowest BCUT2D eigenvalue weighted by Crippen LogP contribution is -2.23. The van der Waals surface area contributed by atoms with Gasteiger partial charge in [0.15, 0.2) is 0 Å². The van der Waals surface area contributed by atoms with Gasteiger partial charge in [0.25, 0.3) is 5.91 Å². The smallest absolute Gasteiger partial charge is 0.251 e. The van der Waals surface area contributed by atoms with Crippen molar-refractivity contribution in [1.29, 1.82) is 0 Å². The number of nitrogens with one attached hydrogen (secondary N) is 3. The molecule has 0 aliphatic rings. The first-order valence-corrected chi connectivity index (χ1v) is 9.42. The molecule has 3 N–H and O–H groups in total. The summed E-state index contributed by atoms with van der Waals surface area (Å²) in [5.41, 5.74) is 1.94. The average Bonchev–Trinajstić information content (AvgIpc) is 3.30. The molecule has 0 saturated carbocycles. The summed E-state index contributed by atoms with van der Waals surface area (Å²) in [5, 5.41) is 8.62.